The third-order valence-electron chi connectivity index (χ3n) is 4.04. The van der Waals surface area contributed by atoms with Crippen molar-refractivity contribution in [3.05, 3.63) is 71.8 Å². The van der Waals surface area contributed by atoms with E-state index >= 15 is 0 Å². The van der Waals surface area contributed by atoms with Crippen molar-refractivity contribution >= 4 is 11.9 Å². The summed E-state index contributed by atoms with van der Waals surface area (Å²) in [5.41, 5.74) is 1.69. The van der Waals surface area contributed by atoms with Gasteiger partial charge in [0.15, 0.2) is 0 Å². The first-order chi connectivity index (χ1) is 11.0. The van der Waals surface area contributed by atoms with Crippen LogP contribution in [0.5, 0.6) is 0 Å². The van der Waals surface area contributed by atoms with Crippen LogP contribution < -0.4 is 5.32 Å². The zero-order valence-corrected chi connectivity index (χ0v) is 13.3. The van der Waals surface area contributed by atoms with E-state index in [0.717, 1.165) is 11.1 Å². The lowest BCUT2D eigenvalue weighted by Crippen LogP contribution is -2.37. The van der Waals surface area contributed by atoms with Crippen molar-refractivity contribution in [2.75, 3.05) is 0 Å². The van der Waals surface area contributed by atoms with E-state index < -0.39 is 17.9 Å². The third kappa shape index (κ3) is 4.19. The highest BCUT2D eigenvalue weighted by atomic mass is 16.4. The molecule has 0 saturated heterocycles. The molecule has 0 saturated carbocycles. The number of benzene rings is 2. The molecule has 2 aromatic rings. The molecule has 0 aromatic heterocycles. The zero-order chi connectivity index (χ0) is 16.8. The highest BCUT2D eigenvalue weighted by molar-refractivity contribution is 5.84. The molecule has 2 N–H and O–H groups in total. The lowest BCUT2D eigenvalue weighted by molar-refractivity contribution is -0.142. The van der Waals surface area contributed by atoms with Crippen LogP contribution in [0.15, 0.2) is 60.7 Å². The molecule has 0 aliphatic heterocycles. The van der Waals surface area contributed by atoms with Crippen LogP contribution in [0, 0.1) is 5.92 Å². The number of aliphatic carboxylic acids is 1. The van der Waals surface area contributed by atoms with Gasteiger partial charge in [-0.25, -0.2) is 0 Å². The van der Waals surface area contributed by atoms with Crippen LogP contribution in [0.25, 0.3) is 0 Å². The summed E-state index contributed by atoms with van der Waals surface area (Å²) >= 11 is 0. The molecule has 1 amide bonds. The molecule has 120 valence electrons. The number of amides is 1. The van der Waals surface area contributed by atoms with Gasteiger partial charge in [0.2, 0.25) is 5.91 Å². The molecule has 0 spiro atoms. The number of hydrogen-bond acceptors (Lipinski definition) is 2. The largest absolute Gasteiger partial charge is 0.481 e. The number of hydrogen-bond donors (Lipinski definition) is 2. The van der Waals surface area contributed by atoms with Gasteiger partial charge in [0, 0.05) is 0 Å². The standard InChI is InChI=1S/C19H21NO3/c1-13(15-9-5-3-6-10-15)18(21)20-17(14(2)19(22)23)16-11-7-4-8-12-16/h3-14,17H,1-2H3,(H,20,21)(H,22,23). The Morgan fingerprint density at radius 3 is 1.83 bits per heavy atom. The molecule has 0 fully saturated rings. The average molecular weight is 311 g/mol. The Balaban J connectivity index is 2.21. The van der Waals surface area contributed by atoms with Crippen LogP contribution >= 0.6 is 0 Å². The molecule has 2 rings (SSSR count). The quantitative estimate of drug-likeness (QED) is 0.859. The van der Waals surface area contributed by atoms with Gasteiger partial charge >= 0.3 is 5.97 Å². The number of nitrogens with one attached hydrogen (secondary N) is 1. The van der Waals surface area contributed by atoms with Crippen LogP contribution in [-0.2, 0) is 9.59 Å². The Labute approximate surface area is 136 Å². The van der Waals surface area contributed by atoms with Gasteiger partial charge in [0.25, 0.3) is 0 Å². The second kappa shape index (κ2) is 7.58. The fourth-order valence-corrected chi connectivity index (χ4v) is 2.47. The first-order valence-corrected chi connectivity index (χ1v) is 7.63. The number of carbonyl (C=O) groups excluding carboxylic acids is 1. The SMILES string of the molecule is CC(C(=O)NC(c1ccccc1)C(C)C(=O)O)c1ccccc1. The summed E-state index contributed by atoms with van der Waals surface area (Å²) in [6.45, 7) is 3.42. The summed E-state index contributed by atoms with van der Waals surface area (Å²) in [7, 11) is 0. The number of carboxylic acid groups (broad SMARTS) is 1. The average Bonchev–Trinajstić information content (AvgIpc) is 2.59. The predicted octanol–water partition coefficient (Wildman–Crippen LogP) is 3.37. The molecule has 0 aliphatic carbocycles. The molecular formula is C19H21NO3. The van der Waals surface area contributed by atoms with Crippen LogP contribution in [-0.4, -0.2) is 17.0 Å². The molecule has 3 unspecified atom stereocenters. The van der Waals surface area contributed by atoms with E-state index in [2.05, 4.69) is 5.32 Å². The van der Waals surface area contributed by atoms with Crippen molar-refractivity contribution in [2.45, 2.75) is 25.8 Å². The second-order valence-corrected chi connectivity index (χ2v) is 5.66. The van der Waals surface area contributed by atoms with Crippen molar-refractivity contribution in [3.63, 3.8) is 0 Å². The van der Waals surface area contributed by atoms with E-state index in [1.165, 1.54) is 0 Å². The Morgan fingerprint density at radius 1 is 0.870 bits per heavy atom. The number of rotatable bonds is 6. The Morgan fingerprint density at radius 2 is 1.35 bits per heavy atom. The fourth-order valence-electron chi connectivity index (χ4n) is 2.47. The Hall–Kier alpha value is -2.62. The van der Waals surface area contributed by atoms with Gasteiger partial charge in [-0.15, -0.1) is 0 Å². The third-order valence-corrected chi connectivity index (χ3v) is 4.04. The molecular weight excluding hydrogens is 290 g/mol. The Bertz CT molecular complexity index is 655. The normalized spacial score (nSPS) is 14.5. The van der Waals surface area contributed by atoms with Crippen molar-refractivity contribution in [1.29, 1.82) is 0 Å². The second-order valence-electron chi connectivity index (χ2n) is 5.66. The predicted molar refractivity (Wildman–Crippen MR) is 89.0 cm³/mol. The van der Waals surface area contributed by atoms with Gasteiger partial charge in [-0.2, -0.15) is 0 Å². The minimum absolute atomic E-state index is 0.182. The Kier molecular flexibility index (Phi) is 5.52. The van der Waals surface area contributed by atoms with Crippen LogP contribution in [0.4, 0.5) is 0 Å². The van der Waals surface area contributed by atoms with Gasteiger partial charge in [0.05, 0.1) is 17.9 Å². The molecule has 0 aliphatic rings. The lowest BCUT2D eigenvalue weighted by atomic mass is 9.93. The van der Waals surface area contributed by atoms with Crippen molar-refractivity contribution in [2.24, 2.45) is 5.92 Å². The summed E-state index contributed by atoms with van der Waals surface area (Å²) < 4.78 is 0. The molecule has 4 heteroatoms. The maximum Gasteiger partial charge on any atom is 0.308 e. The molecule has 0 radical (unpaired) electrons. The van der Waals surface area contributed by atoms with E-state index in [0.29, 0.717) is 0 Å². The van der Waals surface area contributed by atoms with E-state index in [9.17, 15) is 14.7 Å². The topological polar surface area (TPSA) is 66.4 Å². The number of carbonyl (C=O) groups is 2. The fraction of sp³-hybridized carbons (Fsp3) is 0.263. The maximum atomic E-state index is 12.6. The van der Waals surface area contributed by atoms with Crippen LogP contribution in [0.3, 0.4) is 0 Å². The smallest absolute Gasteiger partial charge is 0.308 e. The molecule has 4 nitrogen and oxygen atoms in total. The summed E-state index contributed by atoms with van der Waals surface area (Å²) in [5, 5.41) is 12.2. The molecule has 0 bridgehead atoms. The zero-order valence-electron chi connectivity index (χ0n) is 13.3. The maximum absolute atomic E-state index is 12.6. The van der Waals surface area contributed by atoms with E-state index in [1.807, 2.05) is 67.6 Å². The lowest BCUT2D eigenvalue weighted by Gasteiger charge is -2.25. The van der Waals surface area contributed by atoms with Crippen molar-refractivity contribution < 1.29 is 14.7 Å². The summed E-state index contributed by atoms with van der Waals surface area (Å²) in [5.74, 6) is -2.18. The molecule has 3 atom stereocenters. The molecule has 23 heavy (non-hydrogen) atoms. The van der Waals surface area contributed by atoms with Gasteiger partial charge in [-0.05, 0) is 25.0 Å². The van der Waals surface area contributed by atoms with Crippen molar-refractivity contribution in [3.8, 4) is 0 Å². The van der Waals surface area contributed by atoms with Gasteiger partial charge < -0.3 is 10.4 Å². The minimum Gasteiger partial charge on any atom is -0.481 e. The van der Waals surface area contributed by atoms with E-state index in [1.54, 1.807) is 6.92 Å². The van der Waals surface area contributed by atoms with Crippen LogP contribution in [0.2, 0.25) is 0 Å². The van der Waals surface area contributed by atoms with Crippen molar-refractivity contribution in [1.82, 2.24) is 5.32 Å². The summed E-state index contributed by atoms with van der Waals surface area (Å²) in [6, 6.07) is 18.1. The molecule has 0 heterocycles. The van der Waals surface area contributed by atoms with Gasteiger partial charge in [-0.3, -0.25) is 9.59 Å². The minimum atomic E-state index is -0.938. The highest BCUT2D eigenvalue weighted by Gasteiger charge is 2.28. The van der Waals surface area contributed by atoms with Gasteiger partial charge in [-0.1, -0.05) is 60.7 Å². The first-order valence-electron chi connectivity index (χ1n) is 7.63. The van der Waals surface area contributed by atoms with E-state index in [4.69, 9.17) is 0 Å². The summed E-state index contributed by atoms with van der Waals surface area (Å²) in [6.07, 6.45) is 0. The first kappa shape index (κ1) is 16.7. The monoisotopic (exact) mass is 311 g/mol. The van der Waals surface area contributed by atoms with E-state index in [-0.39, 0.29) is 11.8 Å². The molecule has 2 aromatic carbocycles. The summed E-state index contributed by atoms with van der Waals surface area (Å²) in [4.78, 5) is 23.9. The number of carboxylic acids is 1. The van der Waals surface area contributed by atoms with Crippen LogP contribution in [0.1, 0.15) is 36.9 Å². The highest BCUT2D eigenvalue weighted by Crippen LogP contribution is 2.24. The van der Waals surface area contributed by atoms with Gasteiger partial charge in [0.1, 0.15) is 0 Å².